The monoisotopic (exact) mass is 282 g/mol. The van der Waals surface area contributed by atoms with Crippen LogP contribution in [0.25, 0.3) is 0 Å². The first-order valence-corrected chi connectivity index (χ1v) is 7.63. The number of hydrogen-bond acceptors (Lipinski definition) is 3. The number of pyridine rings is 1. The Morgan fingerprint density at radius 3 is 3.10 bits per heavy atom. The zero-order chi connectivity index (χ0) is 14.7. The number of aryl methyl sites for hydroxylation is 2. The van der Waals surface area contributed by atoms with Gasteiger partial charge in [-0.25, -0.2) is 0 Å². The molecule has 3 heteroatoms. The average Bonchev–Trinajstić information content (AvgIpc) is 2.91. The molecule has 3 nitrogen and oxygen atoms in total. The lowest BCUT2D eigenvalue weighted by molar-refractivity contribution is 0.287. The van der Waals surface area contributed by atoms with Gasteiger partial charge in [0.15, 0.2) is 0 Å². The van der Waals surface area contributed by atoms with Crippen molar-refractivity contribution in [3.05, 3.63) is 59.4 Å². The van der Waals surface area contributed by atoms with Crippen molar-refractivity contribution < 1.29 is 4.74 Å². The molecule has 1 aromatic heterocycles. The molecule has 0 amide bonds. The lowest BCUT2D eigenvalue weighted by atomic mass is 9.95. The van der Waals surface area contributed by atoms with Gasteiger partial charge in [-0.3, -0.25) is 4.98 Å². The van der Waals surface area contributed by atoms with Gasteiger partial charge >= 0.3 is 0 Å². The predicted octanol–water partition coefficient (Wildman–Crippen LogP) is 3.22. The molecule has 0 aliphatic heterocycles. The van der Waals surface area contributed by atoms with Gasteiger partial charge in [-0.1, -0.05) is 18.2 Å². The quantitative estimate of drug-likeness (QED) is 0.916. The Kier molecular flexibility index (Phi) is 4.20. The summed E-state index contributed by atoms with van der Waals surface area (Å²) < 4.78 is 5.80. The topological polar surface area (TPSA) is 48.1 Å². The Labute approximate surface area is 126 Å². The van der Waals surface area contributed by atoms with Crippen LogP contribution in [0, 0.1) is 6.92 Å². The van der Waals surface area contributed by atoms with Crippen LogP contribution in [-0.4, -0.2) is 17.6 Å². The normalized spacial score (nSPS) is 18.3. The van der Waals surface area contributed by atoms with E-state index in [1.807, 2.05) is 24.4 Å². The summed E-state index contributed by atoms with van der Waals surface area (Å²) >= 11 is 0. The lowest BCUT2D eigenvalue weighted by Gasteiger charge is -2.19. The fourth-order valence-corrected chi connectivity index (χ4v) is 3.08. The van der Waals surface area contributed by atoms with E-state index in [0.29, 0.717) is 12.5 Å². The Bertz CT molecular complexity index is 612. The number of fused-ring (bicyclic) bond motifs is 1. The van der Waals surface area contributed by atoms with Crippen molar-refractivity contribution in [3.63, 3.8) is 0 Å². The highest BCUT2D eigenvalue weighted by Crippen LogP contribution is 2.33. The van der Waals surface area contributed by atoms with Gasteiger partial charge in [-0.2, -0.15) is 0 Å². The lowest BCUT2D eigenvalue weighted by Crippen LogP contribution is -2.29. The van der Waals surface area contributed by atoms with E-state index < -0.39 is 0 Å². The molecule has 2 N–H and O–H groups in total. The van der Waals surface area contributed by atoms with Gasteiger partial charge in [0, 0.05) is 23.9 Å². The van der Waals surface area contributed by atoms with Crippen LogP contribution in [0.2, 0.25) is 0 Å². The van der Waals surface area contributed by atoms with E-state index >= 15 is 0 Å². The summed E-state index contributed by atoms with van der Waals surface area (Å²) in [5, 5.41) is 0. The predicted molar refractivity (Wildman–Crippen MR) is 84.6 cm³/mol. The van der Waals surface area contributed by atoms with Crippen molar-refractivity contribution in [3.8, 4) is 5.75 Å². The second kappa shape index (κ2) is 6.27. The first kappa shape index (κ1) is 14.1. The molecule has 2 aromatic rings. The molecule has 0 bridgehead atoms. The molecule has 2 unspecified atom stereocenters. The van der Waals surface area contributed by atoms with Crippen LogP contribution >= 0.6 is 0 Å². The Hall–Kier alpha value is -1.87. The summed E-state index contributed by atoms with van der Waals surface area (Å²) in [5.74, 6) is 1.30. The second-order valence-electron chi connectivity index (χ2n) is 5.81. The second-order valence-corrected chi connectivity index (χ2v) is 5.81. The maximum absolute atomic E-state index is 6.37. The summed E-state index contributed by atoms with van der Waals surface area (Å²) in [4.78, 5) is 4.52. The van der Waals surface area contributed by atoms with E-state index in [4.69, 9.17) is 10.5 Å². The standard InChI is InChI=1S/C18H22N2O/c1-13-4-2-6-15(12-13)21-11-9-17(19)16-8-7-14-5-3-10-20-18(14)16/h2-6,10,12,16-17H,7-9,11,19H2,1H3. The zero-order valence-corrected chi connectivity index (χ0v) is 12.5. The van der Waals surface area contributed by atoms with Gasteiger partial charge in [0.2, 0.25) is 0 Å². The number of rotatable bonds is 5. The summed E-state index contributed by atoms with van der Waals surface area (Å²) in [6.07, 6.45) is 4.93. The smallest absolute Gasteiger partial charge is 0.119 e. The van der Waals surface area contributed by atoms with Crippen LogP contribution in [0.4, 0.5) is 0 Å². The van der Waals surface area contributed by atoms with Crippen LogP contribution in [0.3, 0.4) is 0 Å². The Morgan fingerprint density at radius 2 is 2.24 bits per heavy atom. The molecule has 0 spiro atoms. The molecule has 1 aliphatic rings. The minimum absolute atomic E-state index is 0.117. The molecule has 0 saturated heterocycles. The molecule has 2 atom stereocenters. The van der Waals surface area contributed by atoms with Crippen LogP contribution in [-0.2, 0) is 6.42 Å². The average molecular weight is 282 g/mol. The van der Waals surface area contributed by atoms with Crippen molar-refractivity contribution in [1.82, 2.24) is 4.98 Å². The van der Waals surface area contributed by atoms with Crippen molar-refractivity contribution in [2.75, 3.05) is 6.61 Å². The van der Waals surface area contributed by atoms with Gasteiger partial charge in [-0.15, -0.1) is 0 Å². The molecule has 1 aromatic carbocycles. The van der Waals surface area contributed by atoms with Gasteiger partial charge in [0.1, 0.15) is 5.75 Å². The molecular formula is C18H22N2O. The molecule has 1 aliphatic carbocycles. The van der Waals surface area contributed by atoms with E-state index in [9.17, 15) is 0 Å². The number of ether oxygens (including phenoxy) is 1. The number of nitrogens with zero attached hydrogens (tertiary/aromatic N) is 1. The Morgan fingerprint density at radius 1 is 1.33 bits per heavy atom. The zero-order valence-electron chi connectivity index (χ0n) is 12.5. The van der Waals surface area contributed by atoms with Gasteiger partial charge in [0.25, 0.3) is 0 Å². The van der Waals surface area contributed by atoms with E-state index in [2.05, 4.69) is 30.1 Å². The molecule has 0 radical (unpaired) electrons. The fourth-order valence-electron chi connectivity index (χ4n) is 3.08. The highest BCUT2D eigenvalue weighted by molar-refractivity contribution is 5.30. The first-order valence-electron chi connectivity index (χ1n) is 7.63. The van der Waals surface area contributed by atoms with Gasteiger partial charge in [0.05, 0.1) is 6.61 Å². The number of aromatic nitrogens is 1. The van der Waals surface area contributed by atoms with Crippen LogP contribution < -0.4 is 10.5 Å². The fraction of sp³-hybridized carbons (Fsp3) is 0.389. The van der Waals surface area contributed by atoms with Crippen molar-refractivity contribution in [2.45, 2.75) is 38.1 Å². The van der Waals surface area contributed by atoms with E-state index in [1.54, 1.807) is 0 Å². The number of benzene rings is 1. The first-order chi connectivity index (χ1) is 10.2. The maximum Gasteiger partial charge on any atom is 0.119 e. The van der Waals surface area contributed by atoms with E-state index in [0.717, 1.165) is 25.0 Å². The van der Waals surface area contributed by atoms with E-state index in [1.165, 1.54) is 16.8 Å². The third-order valence-corrected chi connectivity index (χ3v) is 4.23. The molecule has 110 valence electrons. The van der Waals surface area contributed by atoms with Crippen molar-refractivity contribution in [2.24, 2.45) is 5.73 Å². The molecule has 0 saturated carbocycles. The van der Waals surface area contributed by atoms with Gasteiger partial charge in [-0.05, 0) is 55.5 Å². The van der Waals surface area contributed by atoms with Crippen molar-refractivity contribution >= 4 is 0 Å². The molecule has 1 heterocycles. The third-order valence-electron chi connectivity index (χ3n) is 4.23. The third kappa shape index (κ3) is 3.24. The Balaban J connectivity index is 1.54. The SMILES string of the molecule is Cc1cccc(OCCC(N)C2CCc3cccnc32)c1. The maximum atomic E-state index is 6.37. The number of nitrogens with two attached hydrogens (primary N) is 1. The summed E-state index contributed by atoms with van der Waals surface area (Å²) in [6, 6.07) is 12.4. The summed E-state index contributed by atoms with van der Waals surface area (Å²) in [5.41, 5.74) is 10.1. The van der Waals surface area contributed by atoms with Crippen molar-refractivity contribution in [1.29, 1.82) is 0 Å². The minimum Gasteiger partial charge on any atom is -0.494 e. The van der Waals surface area contributed by atoms with Crippen LogP contribution in [0.5, 0.6) is 5.75 Å². The number of hydrogen-bond donors (Lipinski definition) is 1. The largest absolute Gasteiger partial charge is 0.494 e. The molecule has 3 rings (SSSR count). The minimum atomic E-state index is 0.117. The highest BCUT2D eigenvalue weighted by atomic mass is 16.5. The van der Waals surface area contributed by atoms with E-state index in [-0.39, 0.29) is 6.04 Å². The van der Waals surface area contributed by atoms with Crippen LogP contribution in [0.15, 0.2) is 42.6 Å². The molecule has 21 heavy (non-hydrogen) atoms. The molecular weight excluding hydrogens is 260 g/mol. The van der Waals surface area contributed by atoms with Crippen LogP contribution in [0.1, 0.15) is 35.6 Å². The van der Waals surface area contributed by atoms with Gasteiger partial charge < -0.3 is 10.5 Å². The molecule has 0 fully saturated rings. The summed E-state index contributed by atoms with van der Waals surface area (Å²) in [7, 11) is 0. The summed E-state index contributed by atoms with van der Waals surface area (Å²) in [6.45, 7) is 2.73. The highest BCUT2D eigenvalue weighted by Gasteiger charge is 2.28.